The smallest absolute Gasteiger partial charge is 0.276 e. The van der Waals surface area contributed by atoms with Gasteiger partial charge < -0.3 is 20.2 Å². The Kier molecular flexibility index (Phi) is 95.5. The van der Waals surface area contributed by atoms with Crippen molar-refractivity contribution in [2.75, 3.05) is 12.3 Å². The number of Topliss-reactive ketones (excluding diaryl/α,β-unsaturated/α-hetero) is 5. The third kappa shape index (κ3) is 86.0. The SMILES string of the molecule is C/C=C\CC.C=C(C)C[C@H](C)C(=O)CC.C=CCC.CC.CCC(=O)[C@H](CCCCNC(C)C)NC=O.CCC(C)=O.CCC(C)C.CCC/C=c1/c([N+](=O)[O-])ccc/c1=C(/C)SCCCCC.CCCCC(C)=O.CCCCC[C@H](C)C(=O)CCC. The molecule has 0 unspecified atom stereocenters. The van der Waals surface area contributed by atoms with Gasteiger partial charge in [-0.15, -0.1) is 24.9 Å². The Morgan fingerprint density at radius 1 is 0.655 bits per heavy atom. The molecule has 87 heavy (non-hydrogen) atoms. The highest BCUT2D eigenvalue weighted by Crippen LogP contribution is 2.17. The molecule has 0 spiro atoms. The molecule has 0 saturated carbocycles. The van der Waals surface area contributed by atoms with Crippen molar-refractivity contribution in [1.82, 2.24) is 10.6 Å². The number of ketones is 5. The van der Waals surface area contributed by atoms with E-state index in [1.54, 1.807) is 26.0 Å². The number of nitro benzene ring substituents is 1. The molecule has 1 rings (SSSR count). The lowest BCUT2D eigenvalue weighted by Gasteiger charge is -2.14. The number of nitrogens with zero attached hydrogens (tertiary/aromatic N) is 1. The van der Waals surface area contributed by atoms with Crippen LogP contribution in [0, 0.1) is 27.9 Å². The Labute approximate surface area is 543 Å². The number of nitro groups is 1. The Balaban J connectivity index is -0.000000118. The van der Waals surface area contributed by atoms with Crippen molar-refractivity contribution in [2.24, 2.45) is 17.8 Å². The number of rotatable bonds is 36. The Bertz CT molecular complexity index is 1930. The van der Waals surface area contributed by atoms with E-state index >= 15 is 0 Å². The molecule has 0 heterocycles. The van der Waals surface area contributed by atoms with Gasteiger partial charge in [0.05, 0.1) is 16.2 Å². The molecular formula is C75H143N3O8S. The van der Waals surface area contributed by atoms with Crippen molar-refractivity contribution >= 4 is 63.8 Å². The average molecular weight is 1250 g/mol. The topological polar surface area (TPSA) is 170 Å². The van der Waals surface area contributed by atoms with E-state index in [-0.39, 0.29) is 34.1 Å². The molecule has 512 valence electrons. The molecule has 1 aromatic rings. The predicted molar refractivity (Wildman–Crippen MR) is 388 cm³/mol. The molecule has 0 saturated heterocycles. The van der Waals surface area contributed by atoms with E-state index in [9.17, 15) is 38.9 Å². The number of thioether (sulfide) groups is 1. The van der Waals surface area contributed by atoms with Crippen molar-refractivity contribution in [3.63, 3.8) is 0 Å². The van der Waals surface area contributed by atoms with Crippen LogP contribution in [0.2, 0.25) is 0 Å². The van der Waals surface area contributed by atoms with Crippen LogP contribution in [0.5, 0.6) is 0 Å². The summed E-state index contributed by atoms with van der Waals surface area (Å²) in [7, 11) is 0. The third-order valence-corrected chi connectivity index (χ3v) is 13.8. The minimum absolute atomic E-state index is 0.115. The molecule has 0 aliphatic heterocycles. The summed E-state index contributed by atoms with van der Waals surface area (Å²) >= 11 is 1.81. The molecule has 1 aromatic carbocycles. The molecule has 11 nitrogen and oxygen atoms in total. The maximum Gasteiger partial charge on any atom is 0.276 e. The largest absolute Gasteiger partial charge is 0.349 e. The van der Waals surface area contributed by atoms with Gasteiger partial charge in [0.25, 0.3) is 5.69 Å². The Hall–Kier alpha value is -4.29. The summed E-state index contributed by atoms with van der Waals surface area (Å²) < 4.78 is 0. The van der Waals surface area contributed by atoms with Gasteiger partial charge in [-0.25, -0.2) is 0 Å². The normalized spacial score (nSPS) is 11.4. The fourth-order valence-corrected chi connectivity index (χ4v) is 7.70. The summed E-state index contributed by atoms with van der Waals surface area (Å²) in [5.74, 6) is 3.90. The van der Waals surface area contributed by atoms with Gasteiger partial charge in [-0.2, -0.15) is 0 Å². The van der Waals surface area contributed by atoms with E-state index < -0.39 is 0 Å². The quantitative estimate of drug-likeness (QED) is 0.0217. The number of amides is 1. The molecule has 0 fully saturated rings. The lowest BCUT2D eigenvalue weighted by molar-refractivity contribution is -0.386. The fraction of sp³-hybridized carbons (Fsp3) is 0.733. The second-order valence-corrected chi connectivity index (χ2v) is 23.5. The summed E-state index contributed by atoms with van der Waals surface area (Å²) in [5, 5.41) is 18.9. The van der Waals surface area contributed by atoms with Crippen LogP contribution in [-0.4, -0.2) is 64.6 Å². The maximum atomic E-state index is 11.4. The number of carbonyl (C=O) groups excluding carboxylic acids is 6. The first-order valence-corrected chi connectivity index (χ1v) is 35.1. The van der Waals surface area contributed by atoms with E-state index in [0.29, 0.717) is 55.0 Å². The first-order valence-electron chi connectivity index (χ1n) is 34.1. The van der Waals surface area contributed by atoms with Gasteiger partial charge >= 0.3 is 0 Å². The van der Waals surface area contributed by atoms with Gasteiger partial charge in [-0.05, 0) is 134 Å². The lowest BCUT2D eigenvalue weighted by Crippen LogP contribution is -2.35. The third-order valence-electron chi connectivity index (χ3n) is 12.6. The second kappa shape index (κ2) is 81.7. The summed E-state index contributed by atoms with van der Waals surface area (Å²) in [4.78, 5) is 76.3. The fourth-order valence-electron chi connectivity index (χ4n) is 6.71. The first kappa shape index (κ1) is 102. The molecule has 0 aliphatic rings. The molecular weight excluding hydrogens is 1100 g/mol. The number of allylic oxidation sites excluding steroid dienone is 4. The summed E-state index contributed by atoms with van der Waals surface area (Å²) in [6.45, 7) is 56.7. The number of nitrogens with one attached hydrogen (secondary N) is 2. The number of benzene rings is 1. The van der Waals surface area contributed by atoms with Crippen LogP contribution in [0.3, 0.4) is 0 Å². The molecule has 2 N–H and O–H groups in total. The lowest BCUT2D eigenvalue weighted by atomic mass is 9.96. The minimum atomic E-state index is -0.290. The van der Waals surface area contributed by atoms with E-state index in [1.165, 1.54) is 49.9 Å². The highest BCUT2D eigenvalue weighted by Gasteiger charge is 2.15. The minimum Gasteiger partial charge on any atom is -0.349 e. The zero-order chi connectivity index (χ0) is 69.4. The Morgan fingerprint density at radius 2 is 1.17 bits per heavy atom. The first-order chi connectivity index (χ1) is 41.2. The number of non-ortho nitro benzene ring substituents is 1. The van der Waals surface area contributed by atoms with Crippen molar-refractivity contribution in [2.45, 2.75) is 332 Å². The van der Waals surface area contributed by atoms with Crippen LogP contribution >= 0.6 is 11.8 Å². The van der Waals surface area contributed by atoms with E-state index in [2.05, 4.69) is 133 Å². The molecule has 1 amide bonds. The zero-order valence-electron chi connectivity index (χ0n) is 61.4. The van der Waals surface area contributed by atoms with Gasteiger partial charge in [-0.3, -0.25) is 29.3 Å². The molecule has 3 atom stereocenters. The van der Waals surface area contributed by atoms with Crippen molar-refractivity contribution in [3.8, 4) is 0 Å². The molecule has 0 radical (unpaired) electrons. The summed E-state index contributed by atoms with van der Waals surface area (Å²) in [6, 6.07) is 5.59. The number of unbranched alkanes of at least 4 members (excludes halogenated alkanes) is 7. The van der Waals surface area contributed by atoms with Crippen molar-refractivity contribution in [3.05, 3.63) is 75.7 Å². The molecule has 0 aliphatic carbocycles. The second-order valence-electron chi connectivity index (χ2n) is 22.2. The summed E-state index contributed by atoms with van der Waals surface area (Å²) in [5.41, 5.74) is 1.31. The van der Waals surface area contributed by atoms with E-state index in [1.807, 2.05) is 85.4 Å². The Morgan fingerprint density at radius 3 is 1.53 bits per heavy atom. The standard InChI is InChI=1S/C17H25NO2S.C12H24N2O2.C11H22O.C9H16O.C6H12O.C5H12.C5H10.C4H8O.C4H8.C2H6/c1-4-6-8-13-21-14(3)15-11-9-12-17(18(19)20)16(15)10-7-5-2;1-4-12(16)11(14-9-15)7-5-6-8-13-10(2)3;1-4-6-7-9-10(3)11(12)8-5-2;1-5-9(10)8(4)6-7(2)3;1-3-4-5-6(2)7;1-4-5(2)3;1-3-5-4-2;1-3-4(2)5;1-3-4-2;1-2/h9-12H,4-8,13H2,1-3H3;9-11,13H,4-8H2,1-3H3,(H,14,15);10H,4-9H2,1-3H3;8H,2,5-6H2,1,3-4H3;3-5H2,1-2H3;5H,4H2,1-3H3;3,5H,4H2,1-2H3;3H2,1-2H3;3H,1,4H2,2H3;1-2H3/b15-14+,16-10+;;;;;;5-3-;;;/t;11-;10-;8-;;;;;;/m.000....../s1. The van der Waals surface area contributed by atoms with Gasteiger partial charge in [-0.1, -0.05) is 225 Å². The van der Waals surface area contributed by atoms with Crippen molar-refractivity contribution < 1.29 is 33.7 Å². The van der Waals surface area contributed by atoms with Crippen LogP contribution in [0.1, 0.15) is 320 Å². The zero-order valence-corrected chi connectivity index (χ0v) is 62.2. The maximum absolute atomic E-state index is 11.4. The molecule has 0 aromatic heterocycles. The number of hydrogen-bond acceptors (Lipinski definition) is 10. The molecule has 0 bridgehead atoms. The van der Waals surface area contributed by atoms with Crippen LogP contribution in [-0.2, 0) is 28.8 Å². The number of hydrogen-bond donors (Lipinski definition) is 2. The van der Waals surface area contributed by atoms with Gasteiger partial charge in [0.1, 0.15) is 23.1 Å². The van der Waals surface area contributed by atoms with Crippen LogP contribution in [0.25, 0.3) is 11.0 Å². The van der Waals surface area contributed by atoms with Crippen LogP contribution < -0.4 is 21.1 Å². The van der Waals surface area contributed by atoms with E-state index in [0.717, 1.165) is 124 Å². The average Bonchev–Trinajstić information content (AvgIpc) is 3.00. The van der Waals surface area contributed by atoms with Crippen LogP contribution in [0.15, 0.2) is 55.2 Å². The molecule has 12 heteroatoms. The predicted octanol–water partition coefficient (Wildman–Crippen LogP) is 21.0. The van der Waals surface area contributed by atoms with Gasteiger partial charge in [0, 0.05) is 56.0 Å². The highest BCUT2D eigenvalue weighted by molar-refractivity contribution is 8.07. The van der Waals surface area contributed by atoms with E-state index in [4.69, 9.17) is 0 Å². The number of carbonyl (C=O) groups is 6. The van der Waals surface area contributed by atoms with Gasteiger partial charge in [0.15, 0.2) is 5.78 Å². The monoisotopic (exact) mass is 1250 g/mol. The van der Waals surface area contributed by atoms with Crippen molar-refractivity contribution in [1.29, 1.82) is 0 Å². The van der Waals surface area contributed by atoms with Crippen LogP contribution in [0.4, 0.5) is 5.69 Å². The van der Waals surface area contributed by atoms with Gasteiger partial charge in [0.2, 0.25) is 6.41 Å². The highest BCUT2D eigenvalue weighted by atomic mass is 32.2. The summed E-state index contributed by atoms with van der Waals surface area (Å²) in [6.07, 6.45) is 32.6.